The lowest BCUT2D eigenvalue weighted by Gasteiger charge is -2.07. The second-order valence-corrected chi connectivity index (χ2v) is 4.04. The molecule has 0 aromatic heterocycles. The summed E-state index contributed by atoms with van der Waals surface area (Å²) in [6.07, 6.45) is 0. The van der Waals surface area contributed by atoms with Crippen LogP contribution in [0, 0.1) is 21.7 Å². The van der Waals surface area contributed by atoms with Crippen LogP contribution in [0.15, 0.2) is 36.4 Å². The number of phenolic OH excluding ortho intramolecular Hbond substituents is 1. The first-order valence-corrected chi connectivity index (χ1v) is 5.62. The molecule has 0 aliphatic rings. The zero-order valence-electron chi connectivity index (χ0n) is 10.3. The molecule has 0 saturated heterocycles. The quantitative estimate of drug-likeness (QED) is 0.517. The number of nitrogens with zero attached hydrogens (tertiary/aromatic N) is 1. The van der Waals surface area contributed by atoms with Crippen LogP contribution in [0.4, 0.5) is 20.2 Å². The Morgan fingerprint density at radius 1 is 1.14 bits per heavy atom. The predicted octanol–water partition coefficient (Wildman–Crippen LogP) is 2.83. The number of amides is 1. The van der Waals surface area contributed by atoms with Gasteiger partial charge in [0.25, 0.3) is 11.6 Å². The summed E-state index contributed by atoms with van der Waals surface area (Å²) in [5.74, 6) is -3.54. The molecule has 2 aromatic rings. The summed E-state index contributed by atoms with van der Waals surface area (Å²) in [6.45, 7) is 0. The number of halogens is 2. The molecule has 0 fully saturated rings. The fourth-order valence-corrected chi connectivity index (χ4v) is 1.57. The number of hydrogen-bond donors (Lipinski definition) is 2. The molecule has 0 aliphatic carbocycles. The van der Waals surface area contributed by atoms with E-state index in [1.54, 1.807) is 0 Å². The first kappa shape index (κ1) is 14.4. The number of carbonyl (C=O) groups is 1. The van der Waals surface area contributed by atoms with Crippen molar-refractivity contribution in [3.63, 3.8) is 0 Å². The van der Waals surface area contributed by atoms with Crippen LogP contribution in [0.3, 0.4) is 0 Å². The Balaban J connectivity index is 2.28. The van der Waals surface area contributed by atoms with Crippen molar-refractivity contribution in [2.45, 2.75) is 0 Å². The second kappa shape index (κ2) is 5.53. The summed E-state index contributed by atoms with van der Waals surface area (Å²) < 4.78 is 25.8. The number of anilines is 1. The molecule has 1 amide bonds. The van der Waals surface area contributed by atoms with E-state index in [-0.39, 0.29) is 16.9 Å². The number of non-ortho nitro benzene ring substituents is 1. The lowest BCUT2D eigenvalue weighted by molar-refractivity contribution is -0.384. The van der Waals surface area contributed by atoms with Crippen LogP contribution >= 0.6 is 0 Å². The van der Waals surface area contributed by atoms with Crippen molar-refractivity contribution in [2.24, 2.45) is 0 Å². The number of aromatic hydroxyl groups is 1. The van der Waals surface area contributed by atoms with Crippen molar-refractivity contribution in [2.75, 3.05) is 5.32 Å². The van der Waals surface area contributed by atoms with E-state index in [1.807, 2.05) is 0 Å². The van der Waals surface area contributed by atoms with E-state index < -0.39 is 28.2 Å². The first-order valence-electron chi connectivity index (χ1n) is 5.62. The van der Waals surface area contributed by atoms with E-state index in [9.17, 15) is 28.8 Å². The number of carbonyl (C=O) groups excluding carboxylic acids is 1. The molecule has 0 unspecified atom stereocenters. The maximum atomic E-state index is 13.0. The highest BCUT2D eigenvalue weighted by molar-refractivity contribution is 6.05. The van der Waals surface area contributed by atoms with E-state index in [2.05, 4.69) is 5.32 Å². The minimum atomic E-state index is -1.20. The molecule has 108 valence electrons. The molecule has 8 heteroatoms. The summed E-state index contributed by atoms with van der Waals surface area (Å²) in [6, 6.07) is 5.55. The molecule has 0 saturated carbocycles. The van der Waals surface area contributed by atoms with Crippen LogP contribution in [0.2, 0.25) is 0 Å². The minimum absolute atomic E-state index is 0.195. The smallest absolute Gasteiger partial charge is 0.271 e. The summed E-state index contributed by atoms with van der Waals surface area (Å²) in [5, 5.41) is 22.3. The summed E-state index contributed by atoms with van der Waals surface area (Å²) in [5.41, 5.74) is -0.743. The molecular formula is C13H8F2N2O4. The summed E-state index contributed by atoms with van der Waals surface area (Å²) in [7, 11) is 0. The van der Waals surface area contributed by atoms with Gasteiger partial charge in [0, 0.05) is 17.7 Å². The largest absolute Gasteiger partial charge is 0.506 e. The second-order valence-electron chi connectivity index (χ2n) is 4.04. The van der Waals surface area contributed by atoms with Gasteiger partial charge in [0.15, 0.2) is 11.6 Å². The molecular weight excluding hydrogens is 286 g/mol. The molecule has 2 N–H and O–H groups in total. The highest BCUT2D eigenvalue weighted by atomic mass is 19.2. The van der Waals surface area contributed by atoms with Gasteiger partial charge < -0.3 is 10.4 Å². The Kier molecular flexibility index (Phi) is 3.79. The van der Waals surface area contributed by atoms with Gasteiger partial charge in [-0.2, -0.15) is 0 Å². The lowest BCUT2D eigenvalue weighted by atomic mass is 10.2. The predicted molar refractivity (Wildman–Crippen MR) is 69.1 cm³/mol. The molecule has 21 heavy (non-hydrogen) atoms. The van der Waals surface area contributed by atoms with Crippen molar-refractivity contribution in [1.82, 2.24) is 0 Å². The van der Waals surface area contributed by atoms with E-state index in [4.69, 9.17) is 0 Å². The average Bonchev–Trinajstić information content (AvgIpc) is 2.43. The van der Waals surface area contributed by atoms with Gasteiger partial charge in [0.1, 0.15) is 5.75 Å². The van der Waals surface area contributed by atoms with Crippen molar-refractivity contribution < 1.29 is 23.6 Å². The Labute approximate surface area is 116 Å². The molecule has 0 aliphatic heterocycles. The van der Waals surface area contributed by atoms with E-state index in [0.717, 1.165) is 30.3 Å². The monoisotopic (exact) mass is 294 g/mol. The number of rotatable bonds is 3. The van der Waals surface area contributed by atoms with Gasteiger partial charge >= 0.3 is 0 Å². The van der Waals surface area contributed by atoms with Gasteiger partial charge in [-0.1, -0.05) is 0 Å². The summed E-state index contributed by atoms with van der Waals surface area (Å²) in [4.78, 5) is 21.8. The minimum Gasteiger partial charge on any atom is -0.506 e. The third kappa shape index (κ3) is 3.11. The molecule has 6 nitrogen and oxygen atoms in total. The molecule has 2 rings (SSSR count). The van der Waals surface area contributed by atoms with Crippen LogP contribution in [-0.2, 0) is 0 Å². The maximum Gasteiger partial charge on any atom is 0.271 e. The van der Waals surface area contributed by atoms with Gasteiger partial charge in [-0.25, -0.2) is 8.78 Å². The Morgan fingerprint density at radius 2 is 1.86 bits per heavy atom. The van der Waals surface area contributed by atoms with Crippen molar-refractivity contribution >= 4 is 17.3 Å². The molecule has 0 spiro atoms. The van der Waals surface area contributed by atoms with Gasteiger partial charge in [0.05, 0.1) is 10.6 Å². The third-order valence-electron chi connectivity index (χ3n) is 2.62. The van der Waals surface area contributed by atoms with Crippen molar-refractivity contribution in [3.05, 3.63) is 63.7 Å². The van der Waals surface area contributed by atoms with Gasteiger partial charge in [-0.05, 0) is 24.3 Å². The molecule has 0 atom stereocenters. The van der Waals surface area contributed by atoms with Crippen LogP contribution in [0.25, 0.3) is 0 Å². The average molecular weight is 294 g/mol. The van der Waals surface area contributed by atoms with Gasteiger partial charge in [-0.15, -0.1) is 0 Å². The van der Waals surface area contributed by atoms with Crippen LogP contribution in [0.1, 0.15) is 10.4 Å². The Bertz CT molecular complexity index is 734. The van der Waals surface area contributed by atoms with E-state index in [0.29, 0.717) is 6.07 Å². The van der Waals surface area contributed by atoms with Crippen molar-refractivity contribution in [1.29, 1.82) is 0 Å². The first-order chi connectivity index (χ1) is 9.88. The number of nitrogens with one attached hydrogen (secondary N) is 1. The highest BCUT2D eigenvalue weighted by Crippen LogP contribution is 2.28. The fourth-order valence-electron chi connectivity index (χ4n) is 1.57. The normalized spacial score (nSPS) is 10.2. The zero-order valence-corrected chi connectivity index (χ0v) is 10.3. The third-order valence-corrected chi connectivity index (χ3v) is 2.62. The standard InChI is InChI=1S/C13H8F2N2O4/c14-9-3-1-7(5-10(9)15)13(19)16-11-6-8(17(20)21)2-4-12(11)18/h1-6,18H,(H,16,19). The number of nitro groups is 1. The molecule has 2 aromatic carbocycles. The van der Waals surface area contributed by atoms with Gasteiger partial charge in [0.2, 0.25) is 0 Å². The van der Waals surface area contributed by atoms with E-state index >= 15 is 0 Å². The summed E-state index contributed by atoms with van der Waals surface area (Å²) >= 11 is 0. The highest BCUT2D eigenvalue weighted by Gasteiger charge is 2.15. The number of hydrogen-bond acceptors (Lipinski definition) is 4. The lowest BCUT2D eigenvalue weighted by Crippen LogP contribution is -2.12. The molecule has 0 radical (unpaired) electrons. The SMILES string of the molecule is O=C(Nc1cc([N+](=O)[O-])ccc1O)c1ccc(F)c(F)c1. The van der Waals surface area contributed by atoms with Crippen LogP contribution in [-0.4, -0.2) is 15.9 Å². The number of phenols is 1. The maximum absolute atomic E-state index is 13.0. The molecule has 0 bridgehead atoms. The Hall–Kier alpha value is -3.03. The van der Waals surface area contributed by atoms with E-state index in [1.165, 1.54) is 0 Å². The van der Waals surface area contributed by atoms with Gasteiger partial charge in [-0.3, -0.25) is 14.9 Å². The zero-order chi connectivity index (χ0) is 15.6. The fraction of sp³-hybridized carbons (Fsp3) is 0. The Morgan fingerprint density at radius 3 is 2.48 bits per heavy atom. The molecule has 0 heterocycles. The van der Waals surface area contributed by atoms with Crippen LogP contribution in [0.5, 0.6) is 5.75 Å². The van der Waals surface area contributed by atoms with Crippen LogP contribution < -0.4 is 5.32 Å². The number of nitro benzene ring substituents is 1. The number of benzene rings is 2. The topological polar surface area (TPSA) is 92.5 Å². The van der Waals surface area contributed by atoms with Crippen molar-refractivity contribution in [3.8, 4) is 5.75 Å².